The molecule has 4 aromatic rings. The first-order chi connectivity index (χ1) is 17.6. The van der Waals surface area contributed by atoms with E-state index in [0.717, 1.165) is 33.3 Å². The maximum Gasteiger partial charge on any atom is 0.246 e. The third-order valence-corrected chi connectivity index (χ3v) is 7.17. The van der Waals surface area contributed by atoms with E-state index in [9.17, 15) is 9.59 Å². The summed E-state index contributed by atoms with van der Waals surface area (Å²) in [4.78, 5) is 38.7. The zero-order chi connectivity index (χ0) is 24.8. The van der Waals surface area contributed by atoms with Crippen LogP contribution in [-0.2, 0) is 22.6 Å². The smallest absolute Gasteiger partial charge is 0.246 e. The van der Waals surface area contributed by atoms with Crippen LogP contribution in [-0.4, -0.2) is 58.4 Å². The van der Waals surface area contributed by atoms with Gasteiger partial charge in [0.05, 0.1) is 14.2 Å². The highest BCUT2D eigenvalue weighted by molar-refractivity contribution is 5.97. The van der Waals surface area contributed by atoms with Crippen molar-refractivity contribution in [3.8, 4) is 11.5 Å². The number of hydrogen-bond donors (Lipinski definition) is 1. The standard InChI is InChI=1S/C28H26N4O4/c1-35-18-9-10-24(36-2)21(12-18)27-26-20(19-7-3-4-8-22(19)30-26)13-23-28(34)31(16-25(33)32(23)27)15-17-6-5-11-29-14-17/h3-12,14,23,27,30H,13,15-16H2,1-2H3/t23-,27?/m0/s1. The lowest BCUT2D eigenvalue weighted by molar-refractivity contribution is -0.159. The van der Waals surface area contributed by atoms with Crippen molar-refractivity contribution in [2.24, 2.45) is 0 Å². The van der Waals surface area contributed by atoms with Gasteiger partial charge >= 0.3 is 0 Å². The minimum absolute atomic E-state index is 0.00255. The van der Waals surface area contributed by atoms with E-state index in [0.29, 0.717) is 24.5 Å². The largest absolute Gasteiger partial charge is 0.497 e. The summed E-state index contributed by atoms with van der Waals surface area (Å²) in [7, 11) is 3.21. The van der Waals surface area contributed by atoms with Crippen LogP contribution in [0.1, 0.15) is 28.4 Å². The number of carbonyl (C=O) groups excluding carboxylic acids is 2. The number of fused-ring (bicyclic) bond motifs is 4. The van der Waals surface area contributed by atoms with Gasteiger partial charge in [-0.3, -0.25) is 14.6 Å². The third kappa shape index (κ3) is 3.48. The van der Waals surface area contributed by atoms with Crippen LogP contribution >= 0.6 is 0 Å². The molecule has 0 saturated carbocycles. The highest BCUT2D eigenvalue weighted by atomic mass is 16.5. The first kappa shape index (κ1) is 22.2. The molecule has 2 aromatic carbocycles. The van der Waals surface area contributed by atoms with Crippen molar-refractivity contribution in [2.45, 2.75) is 25.0 Å². The number of hydrogen-bond acceptors (Lipinski definition) is 5. The van der Waals surface area contributed by atoms with Gasteiger partial charge in [-0.2, -0.15) is 0 Å². The van der Waals surface area contributed by atoms with Crippen molar-refractivity contribution in [2.75, 3.05) is 20.8 Å². The van der Waals surface area contributed by atoms with Crippen molar-refractivity contribution >= 4 is 22.7 Å². The summed E-state index contributed by atoms with van der Waals surface area (Å²) in [5, 5.41) is 1.06. The van der Waals surface area contributed by atoms with Gasteiger partial charge in [0.25, 0.3) is 0 Å². The van der Waals surface area contributed by atoms with Gasteiger partial charge in [-0.15, -0.1) is 0 Å². The average Bonchev–Trinajstić information content (AvgIpc) is 3.29. The number of nitrogens with one attached hydrogen (secondary N) is 1. The first-order valence-electron chi connectivity index (χ1n) is 11.9. The van der Waals surface area contributed by atoms with Crippen LogP contribution in [0.25, 0.3) is 10.9 Å². The summed E-state index contributed by atoms with van der Waals surface area (Å²) >= 11 is 0. The fourth-order valence-corrected chi connectivity index (χ4v) is 5.55. The van der Waals surface area contributed by atoms with E-state index in [1.165, 1.54) is 0 Å². The molecule has 6 rings (SSSR count). The van der Waals surface area contributed by atoms with Gasteiger partial charge in [-0.1, -0.05) is 24.3 Å². The van der Waals surface area contributed by atoms with Crippen LogP contribution < -0.4 is 9.47 Å². The van der Waals surface area contributed by atoms with E-state index in [4.69, 9.17) is 9.47 Å². The number of benzene rings is 2. The number of aromatic nitrogens is 2. The Bertz CT molecular complexity index is 1470. The molecule has 1 saturated heterocycles. The van der Waals surface area contributed by atoms with Crippen LogP contribution in [0, 0.1) is 0 Å². The molecule has 4 heterocycles. The van der Waals surface area contributed by atoms with Gasteiger partial charge in [0.2, 0.25) is 11.8 Å². The van der Waals surface area contributed by atoms with E-state index < -0.39 is 12.1 Å². The predicted octanol–water partition coefficient (Wildman–Crippen LogP) is 3.47. The lowest BCUT2D eigenvalue weighted by Crippen LogP contribution is -2.62. The Morgan fingerprint density at radius 1 is 1.06 bits per heavy atom. The van der Waals surface area contributed by atoms with E-state index in [1.807, 2.05) is 48.5 Å². The Hall–Kier alpha value is -4.33. The summed E-state index contributed by atoms with van der Waals surface area (Å²) in [5.41, 5.74) is 4.59. The zero-order valence-corrected chi connectivity index (χ0v) is 20.1. The molecule has 0 bridgehead atoms. The molecule has 2 aromatic heterocycles. The predicted molar refractivity (Wildman–Crippen MR) is 134 cm³/mol. The average molecular weight is 483 g/mol. The number of pyridine rings is 1. The van der Waals surface area contributed by atoms with E-state index in [-0.39, 0.29) is 18.4 Å². The minimum Gasteiger partial charge on any atom is -0.497 e. The van der Waals surface area contributed by atoms with Gasteiger partial charge in [-0.05, 0) is 41.5 Å². The summed E-state index contributed by atoms with van der Waals surface area (Å²) < 4.78 is 11.2. The minimum atomic E-state index is -0.629. The first-order valence-corrected chi connectivity index (χ1v) is 11.9. The van der Waals surface area contributed by atoms with Crippen molar-refractivity contribution in [1.29, 1.82) is 0 Å². The Labute approximate surface area is 208 Å². The lowest BCUT2D eigenvalue weighted by Gasteiger charge is -2.47. The molecular weight excluding hydrogens is 456 g/mol. The molecule has 1 fully saturated rings. The molecule has 2 amide bonds. The fraction of sp³-hybridized carbons (Fsp3) is 0.250. The number of amides is 2. The van der Waals surface area contributed by atoms with Gasteiger partial charge in [0.15, 0.2) is 0 Å². The molecule has 182 valence electrons. The molecular formula is C28H26N4O4. The van der Waals surface area contributed by atoms with Crippen molar-refractivity contribution in [1.82, 2.24) is 19.8 Å². The molecule has 8 nitrogen and oxygen atoms in total. The lowest BCUT2D eigenvalue weighted by atomic mass is 9.85. The number of ether oxygens (including phenoxy) is 2. The summed E-state index contributed by atoms with van der Waals surface area (Å²) in [6.45, 7) is 0.346. The van der Waals surface area contributed by atoms with Gasteiger partial charge in [0.1, 0.15) is 30.1 Å². The maximum absolute atomic E-state index is 13.9. The highest BCUT2D eigenvalue weighted by Gasteiger charge is 2.48. The van der Waals surface area contributed by atoms with E-state index in [2.05, 4.69) is 16.0 Å². The second-order valence-corrected chi connectivity index (χ2v) is 9.15. The molecule has 8 heteroatoms. The van der Waals surface area contributed by atoms with Crippen LogP contribution in [0.5, 0.6) is 11.5 Å². The maximum atomic E-state index is 13.9. The SMILES string of the molecule is COc1ccc(OC)c(C2c3[nH]c4ccccc4c3C[C@H]3C(=O)N(Cc4cccnc4)CC(=O)N23)c1. The number of carbonyl (C=O) groups is 2. The Morgan fingerprint density at radius 2 is 1.92 bits per heavy atom. The fourth-order valence-electron chi connectivity index (χ4n) is 5.55. The van der Waals surface area contributed by atoms with Gasteiger partial charge in [-0.25, -0.2) is 0 Å². The normalized spacial score (nSPS) is 19.3. The van der Waals surface area contributed by atoms with Crippen LogP contribution in [0.2, 0.25) is 0 Å². The second-order valence-electron chi connectivity index (χ2n) is 9.15. The van der Waals surface area contributed by atoms with Crippen LogP contribution in [0.15, 0.2) is 67.0 Å². The second kappa shape index (κ2) is 8.71. The zero-order valence-electron chi connectivity index (χ0n) is 20.1. The Kier molecular flexibility index (Phi) is 5.36. The Balaban J connectivity index is 1.50. The molecule has 1 N–H and O–H groups in total. The van der Waals surface area contributed by atoms with Crippen molar-refractivity contribution in [3.05, 3.63) is 89.4 Å². The van der Waals surface area contributed by atoms with E-state index >= 15 is 0 Å². The summed E-state index contributed by atoms with van der Waals surface area (Å²) in [5.74, 6) is 1.10. The monoisotopic (exact) mass is 482 g/mol. The molecule has 0 aliphatic carbocycles. The quantitative estimate of drug-likeness (QED) is 0.471. The summed E-state index contributed by atoms with van der Waals surface area (Å²) in [6, 6.07) is 16.2. The molecule has 1 unspecified atom stereocenters. The van der Waals surface area contributed by atoms with Crippen molar-refractivity contribution < 1.29 is 19.1 Å². The molecule has 0 radical (unpaired) electrons. The number of H-pyrrole nitrogens is 1. The molecule has 36 heavy (non-hydrogen) atoms. The van der Waals surface area contributed by atoms with Gasteiger partial charge < -0.3 is 24.3 Å². The number of para-hydroxylation sites is 1. The molecule has 2 atom stereocenters. The number of methoxy groups -OCH3 is 2. The molecule has 0 spiro atoms. The van der Waals surface area contributed by atoms with Crippen molar-refractivity contribution in [3.63, 3.8) is 0 Å². The number of aromatic amines is 1. The van der Waals surface area contributed by atoms with Crippen LogP contribution in [0.4, 0.5) is 0 Å². The third-order valence-electron chi connectivity index (χ3n) is 7.17. The number of piperazine rings is 1. The summed E-state index contributed by atoms with van der Waals surface area (Å²) in [6.07, 6.45) is 3.86. The molecule has 2 aliphatic heterocycles. The molecule has 2 aliphatic rings. The topological polar surface area (TPSA) is 87.8 Å². The van der Waals surface area contributed by atoms with Gasteiger partial charge in [0, 0.05) is 47.5 Å². The highest BCUT2D eigenvalue weighted by Crippen LogP contribution is 2.45. The number of nitrogens with zero attached hydrogens (tertiary/aromatic N) is 3. The van der Waals surface area contributed by atoms with Crippen LogP contribution in [0.3, 0.4) is 0 Å². The van der Waals surface area contributed by atoms with E-state index in [1.54, 1.807) is 36.4 Å². The Morgan fingerprint density at radius 3 is 2.69 bits per heavy atom. The number of rotatable bonds is 5.